The van der Waals surface area contributed by atoms with Gasteiger partial charge in [0.1, 0.15) is 0 Å². The molecule has 0 aliphatic carbocycles. The van der Waals surface area contributed by atoms with Crippen molar-refractivity contribution in [3.05, 3.63) is 62.1 Å². The molecule has 0 aromatic heterocycles. The summed E-state index contributed by atoms with van der Waals surface area (Å²) in [5.41, 5.74) is 2.08. The number of hydrogen-bond acceptors (Lipinski definition) is 1. The van der Waals surface area contributed by atoms with Crippen LogP contribution in [0.4, 0.5) is 0 Å². The first kappa shape index (κ1) is 16.2. The molecule has 0 amide bonds. The molecular formula is C15H8Cl4O2. The molecule has 0 saturated carbocycles. The Morgan fingerprint density at radius 2 is 1.62 bits per heavy atom. The second-order valence-corrected chi connectivity index (χ2v) is 5.79. The minimum Gasteiger partial charge on any atom is -0.478 e. The maximum atomic E-state index is 10.7. The summed E-state index contributed by atoms with van der Waals surface area (Å²) in [6.45, 7) is 0. The number of aliphatic carboxylic acids is 1. The van der Waals surface area contributed by atoms with Crippen LogP contribution in [-0.2, 0) is 4.79 Å². The Labute approximate surface area is 141 Å². The molecule has 2 aromatic carbocycles. The maximum Gasteiger partial charge on any atom is 0.328 e. The lowest BCUT2D eigenvalue weighted by Crippen LogP contribution is -1.89. The highest BCUT2D eigenvalue weighted by molar-refractivity contribution is 6.48. The van der Waals surface area contributed by atoms with Crippen LogP contribution in [0.2, 0.25) is 20.1 Å². The van der Waals surface area contributed by atoms with Gasteiger partial charge < -0.3 is 5.11 Å². The third-order valence-corrected chi connectivity index (χ3v) is 4.15. The molecular weight excluding hydrogens is 354 g/mol. The van der Waals surface area contributed by atoms with Crippen LogP contribution in [0.1, 0.15) is 5.56 Å². The van der Waals surface area contributed by atoms with Crippen molar-refractivity contribution in [2.75, 3.05) is 0 Å². The first-order valence-electron chi connectivity index (χ1n) is 5.74. The van der Waals surface area contributed by atoms with Crippen molar-refractivity contribution in [1.82, 2.24) is 0 Å². The second kappa shape index (κ2) is 6.71. The van der Waals surface area contributed by atoms with E-state index in [1.165, 1.54) is 6.08 Å². The van der Waals surface area contributed by atoms with E-state index in [0.717, 1.165) is 6.08 Å². The van der Waals surface area contributed by atoms with Gasteiger partial charge in [-0.05, 0) is 47.0 Å². The summed E-state index contributed by atoms with van der Waals surface area (Å²) in [6, 6.07) is 8.40. The fourth-order valence-corrected chi connectivity index (χ4v) is 2.56. The van der Waals surface area contributed by atoms with Crippen molar-refractivity contribution in [3.63, 3.8) is 0 Å². The van der Waals surface area contributed by atoms with E-state index in [-0.39, 0.29) is 5.02 Å². The molecule has 0 spiro atoms. The number of benzene rings is 2. The normalized spacial score (nSPS) is 11.0. The van der Waals surface area contributed by atoms with Gasteiger partial charge in [-0.15, -0.1) is 0 Å². The van der Waals surface area contributed by atoms with Crippen LogP contribution in [0, 0.1) is 0 Å². The molecule has 0 saturated heterocycles. The van der Waals surface area contributed by atoms with E-state index in [9.17, 15) is 4.79 Å². The van der Waals surface area contributed by atoms with Crippen LogP contribution in [0.5, 0.6) is 0 Å². The number of carbonyl (C=O) groups is 1. The summed E-state index contributed by atoms with van der Waals surface area (Å²) < 4.78 is 0. The standard InChI is InChI=1S/C15H8Cl4O2/c16-10-3-1-8(2-4-14(20)21)11(7-10)9-5-12(17)15(19)13(18)6-9/h1-7H,(H,20,21)/b4-2+. The average molecular weight is 362 g/mol. The molecule has 1 N–H and O–H groups in total. The molecule has 2 nitrogen and oxygen atoms in total. The van der Waals surface area contributed by atoms with E-state index in [0.29, 0.717) is 31.8 Å². The lowest BCUT2D eigenvalue weighted by atomic mass is 9.99. The summed E-state index contributed by atoms with van der Waals surface area (Å²) in [7, 11) is 0. The Balaban J connectivity index is 2.62. The van der Waals surface area contributed by atoms with Gasteiger partial charge in [0.2, 0.25) is 0 Å². The van der Waals surface area contributed by atoms with Gasteiger partial charge in [0.05, 0.1) is 15.1 Å². The van der Waals surface area contributed by atoms with Gasteiger partial charge in [0.25, 0.3) is 0 Å². The van der Waals surface area contributed by atoms with E-state index >= 15 is 0 Å². The molecule has 0 radical (unpaired) electrons. The first-order chi connectivity index (χ1) is 9.88. The smallest absolute Gasteiger partial charge is 0.328 e. The van der Waals surface area contributed by atoms with Gasteiger partial charge in [-0.3, -0.25) is 0 Å². The summed E-state index contributed by atoms with van der Waals surface area (Å²) in [5.74, 6) is -1.04. The van der Waals surface area contributed by atoms with Gasteiger partial charge in [-0.2, -0.15) is 0 Å². The summed E-state index contributed by atoms with van der Waals surface area (Å²) >= 11 is 24.0. The van der Waals surface area contributed by atoms with E-state index in [2.05, 4.69) is 0 Å². The van der Waals surface area contributed by atoms with E-state index in [1.807, 2.05) is 0 Å². The third kappa shape index (κ3) is 3.92. The molecule has 0 bridgehead atoms. The predicted octanol–water partition coefficient (Wildman–Crippen LogP) is 6.07. The van der Waals surface area contributed by atoms with Gasteiger partial charge in [0.15, 0.2) is 0 Å². The molecule has 21 heavy (non-hydrogen) atoms. The number of halogens is 4. The number of hydrogen-bond donors (Lipinski definition) is 1. The molecule has 6 heteroatoms. The number of carboxylic acid groups (broad SMARTS) is 1. The minimum atomic E-state index is -1.04. The largest absolute Gasteiger partial charge is 0.478 e. The van der Waals surface area contributed by atoms with E-state index in [4.69, 9.17) is 51.5 Å². The molecule has 0 fully saturated rings. The highest BCUT2D eigenvalue weighted by Gasteiger charge is 2.10. The van der Waals surface area contributed by atoms with Crippen LogP contribution < -0.4 is 0 Å². The number of carboxylic acids is 1. The number of rotatable bonds is 3. The summed E-state index contributed by atoms with van der Waals surface area (Å²) in [4.78, 5) is 10.7. The van der Waals surface area contributed by atoms with Crippen molar-refractivity contribution in [2.45, 2.75) is 0 Å². The molecule has 0 heterocycles. The summed E-state index contributed by atoms with van der Waals surface area (Å²) in [6.07, 6.45) is 2.52. The van der Waals surface area contributed by atoms with Gasteiger partial charge in [-0.1, -0.05) is 52.5 Å². The average Bonchev–Trinajstić information content (AvgIpc) is 2.42. The monoisotopic (exact) mass is 360 g/mol. The third-order valence-electron chi connectivity index (χ3n) is 2.72. The fourth-order valence-electron chi connectivity index (χ4n) is 1.80. The molecule has 0 aliphatic heterocycles. The van der Waals surface area contributed by atoms with Crippen LogP contribution in [0.15, 0.2) is 36.4 Å². The lowest BCUT2D eigenvalue weighted by molar-refractivity contribution is -0.131. The summed E-state index contributed by atoms with van der Waals surface area (Å²) in [5, 5.41) is 10.2. The van der Waals surface area contributed by atoms with Crippen LogP contribution in [-0.4, -0.2) is 11.1 Å². The molecule has 2 aromatic rings. The van der Waals surface area contributed by atoms with Crippen molar-refractivity contribution in [3.8, 4) is 11.1 Å². The molecule has 2 rings (SSSR count). The van der Waals surface area contributed by atoms with Crippen molar-refractivity contribution in [1.29, 1.82) is 0 Å². The van der Waals surface area contributed by atoms with Crippen LogP contribution in [0.3, 0.4) is 0 Å². The Hall–Kier alpha value is -1.19. The van der Waals surface area contributed by atoms with Gasteiger partial charge in [0, 0.05) is 11.1 Å². The highest BCUT2D eigenvalue weighted by atomic mass is 35.5. The van der Waals surface area contributed by atoms with Gasteiger partial charge in [-0.25, -0.2) is 4.79 Å². The minimum absolute atomic E-state index is 0.270. The van der Waals surface area contributed by atoms with E-state index in [1.54, 1.807) is 30.3 Å². The van der Waals surface area contributed by atoms with Crippen LogP contribution >= 0.6 is 46.4 Å². The fraction of sp³-hybridized carbons (Fsp3) is 0. The maximum absolute atomic E-state index is 10.7. The predicted molar refractivity (Wildman–Crippen MR) is 88.6 cm³/mol. The Kier molecular flexibility index (Phi) is 5.17. The first-order valence-corrected chi connectivity index (χ1v) is 7.25. The van der Waals surface area contributed by atoms with E-state index < -0.39 is 5.97 Å². The van der Waals surface area contributed by atoms with Crippen LogP contribution in [0.25, 0.3) is 17.2 Å². The topological polar surface area (TPSA) is 37.3 Å². The second-order valence-electron chi connectivity index (χ2n) is 4.16. The zero-order valence-electron chi connectivity index (χ0n) is 10.4. The van der Waals surface area contributed by atoms with Gasteiger partial charge >= 0.3 is 5.97 Å². The molecule has 0 unspecified atom stereocenters. The Morgan fingerprint density at radius 3 is 2.19 bits per heavy atom. The lowest BCUT2D eigenvalue weighted by Gasteiger charge is -2.10. The molecule has 0 aliphatic rings. The SMILES string of the molecule is O=C(O)/C=C/c1ccc(Cl)cc1-c1cc(Cl)c(Cl)c(Cl)c1. The van der Waals surface area contributed by atoms with Crippen molar-refractivity contribution < 1.29 is 9.90 Å². The highest BCUT2D eigenvalue weighted by Crippen LogP contribution is 2.37. The zero-order chi connectivity index (χ0) is 15.6. The Bertz CT molecular complexity index is 715. The molecule has 0 atom stereocenters. The van der Waals surface area contributed by atoms with Crippen molar-refractivity contribution >= 4 is 58.4 Å². The zero-order valence-corrected chi connectivity index (χ0v) is 13.4. The Morgan fingerprint density at radius 1 is 1.00 bits per heavy atom. The molecule has 108 valence electrons. The quantitative estimate of drug-likeness (QED) is 0.532. The van der Waals surface area contributed by atoms with Crippen molar-refractivity contribution in [2.24, 2.45) is 0 Å².